The maximum Gasteiger partial charge on any atom is 0.365 e. The Balaban J connectivity index is 1.48. The highest BCUT2D eigenvalue weighted by molar-refractivity contribution is 6.70. The molecular weight excluding hydrogens is 869 g/mol. The van der Waals surface area contributed by atoms with Crippen LogP contribution in [0.5, 0.6) is 0 Å². The average Bonchev–Trinajstić information content (AvgIpc) is 3.56. The Morgan fingerprint density at radius 1 is 0.810 bits per heavy atom. The van der Waals surface area contributed by atoms with E-state index in [1.807, 2.05) is 32.6 Å². The molecule has 0 N–H and O–H groups in total. The smallest absolute Gasteiger partial charge is 0.365 e. The highest BCUT2D eigenvalue weighted by atomic mass is 28.4. The fourth-order valence-electron chi connectivity index (χ4n) is 13.9. The summed E-state index contributed by atoms with van der Waals surface area (Å²) in [5.41, 5.74) is -7.57. The molecule has 0 radical (unpaired) electrons. The molecule has 4 saturated heterocycles. The van der Waals surface area contributed by atoms with E-state index in [4.69, 9.17) is 55.9 Å². The molecule has 1 spiro atoms. The van der Waals surface area contributed by atoms with E-state index in [0.29, 0.717) is 12.0 Å². The zero-order chi connectivity index (χ0) is 46.5. The van der Waals surface area contributed by atoms with Gasteiger partial charge in [-0.2, -0.15) is 0 Å². The summed E-state index contributed by atoms with van der Waals surface area (Å²) < 4.78 is 81.2. The Hall–Kier alpha value is -2.47. The molecule has 19 heteroatoms. The lowest BCUT2D eigenvalue weighted by atomic mass is 9.37. The van der Waals surface area contributed by atoms with Crippen molar-refractivity contribution >= 4 is 48.8 Å². The van der Waals surface area contributed by atoms with E-state index >= 15 is 4.79 Å². The minimum Gasteiger partial charge on any atom is -0.469 e. The van der Waals surface area contributed by atoms with Crippen LogP contribution < -0.4 is 0 Å². The molecule has 0 aromatic rings. The van der Waals surface area contributed by atoms with Gasteiger partial charge in [-0.25, -0.2) is 9.59 Å². The van der Waals surface area contributed by atoms with Crippen molar-refractivity contribution < 1.29 is 75.1 Å². The van der Waals surface area contributed by atoms with Gasteiger partial charge in [0.15, 0.2) is 25.0 Å². The summed E-state index contributed by atoms with van der Waals surface area (Å²) in [6.07, 6.45) is -0.118. The largest absolute Gasteiger partial charge is 0.469 e. The number of allylic oxidation sites excluding steroid dienone is 1. The number of esters is 4. The third-order valence-electron chi connectivity index (χ3n) is 15.5. The number of rotatable bonds is 12. The van der Waals surface area contributed by atoms with Gasteiger partial charge in [0.2, 0.25) is 6.29 Å². The van der Waals surface area contributed by atoms with Crippen molar-refractivity contribution in [1.82, 2.24) is 0 Å². The van der Waals surface area contributed by atoms with Gasteiger partial charge in [-0.05, 0) is 92.2 Å². The summed E-state index contributed by atoms with van der Waals surface area (Å²) in [5, 5.41) is 0. The standard InChI is InChI=1S/C44H68O16Si3/c1-17-24(2)33(46)55-27-21-28(54-25(3)45)41(35(47)49-6)22-52-30-31(41)40(27)23-53-43(36(48)50-7,60-63(14,15)16)34(40)38(4,32(30)57-61(8,9)10)44-29-20-26(39(44,5)58-44)42(59-62(11,12)13)18-19-51-37(42)56-29/h17-19,26-32,34,37H,20-23H2,1-16H3/b24-17+/t26-,27-,28+,29-,30+,31+,32+,34-,37-,38+,39-,40-,41-,42-,43+,44-/m0/s1. The predicted molar refractivity (Wildman–Crippen MR) is 231 cm³/mol. The van der Waals surface area contributed by atoms with Gasteiger partial charge >= 0.3 is 23.9 Å². The summed E-state index contributed by atoms with van der Waals surface area (Å²) in [6, 6.07) is 0. The summed E-state index contributed by atoms with van der Waals surface area (Å²) >= 11 is 0. The van der Waals surface area contributed by atoms with Crippen molar-refractivity contribution in [2.45, 2.75) is 166 Å². The first kappa shape index (κ1) is 47.0. The first-order valence-corrected chi connectivity index (χ1v) is 32.5. The van der Waals surface area contributed by atoms with Crippen molar-refractivity contribution in [3.05, 3.63) is 24.0 Å². The summed E-state index contributed by atoms with van der Waals surface area (Å²) in [5.74, 6) is -7.41. The first-order chi connectivity index (χ1) is 29.0. The number of hydrogen-bond acceptors (Lipinski definition) is 16. The van der Waals surface area contributed by atoms with E-state index < -0.39 is 136 Å². The van der Waals surface area contributed by atoms with Gasteiger partial charge in [0.25, 0.3) is 5.79 Å². The third-order valence-corrected chi connectivity index (χ3v) is 18.3. The van der Waals surface area contributed by atoms with Crippen LogP contribution in [-0.4, -0.2) is 136 Å². The molecule has 63 heavy (non-hydrogen) atoms. The number of carbonyl (C=O) groups excluding carboxylic acids is 4. The van der Waals surface area contributed by atoms with Gasteiger partial charge in [0.05, 0.1) is 52.0 Å². The molecule has 5 heterocycles. The van der Waals surface area contributed by atoms with Crippen LogP contribution in [0.2, 0.25) is 58.9 Å². The molecule has 3 aliphatic carbocycles. The molecule has 7 fully saturated rings. The average molecular weight is 937 g/mol. The van der Waals surface area contributed by atoms with E-state index in [1.54, 1.807) is 26.2 Å². The lowest BCUT2D eigenvalue weighted by Crippen LogP contribution is -2.80. The predicted octanol–water partition coefficient (Wildman–Crippen LogP) is 5.37. The maximum atomic E-state index is 15.3. The number of epoxide rings is 1. The van der Waals surface area contributed by atoms with Gasteiger partial charge in [-0.1, -0.05) is 13.0 Å². The van der Waals surface area contributed by atoms with Crippen molar-refractivity contribution in [1.29, 1.82) is 0 Å². The molecule has 352 valence electrons. The maximum absolute atomic E-state index is 15.3. The highest BCUT2D eigenvalue weighted by Gasteiger charge is 2.98. The van der Waals surface area contributed by atoms with Gasteiger partial charge in [0.1, 0.15) is 34.4 Å². The molecule has 8 aliphatic rings. The Bertz CT molecular complexity index is 2010. The number of methoxy groups -OCH3 is 2. The van der Waals surface area contributed by atoms with Crippen molar-refractivity contribution in [3.8, 4) is 0 Å². The number of hydrogen-bond donors (Lipinski definition) is 0. The van der Waals surface area contributed by atoms with Gasteiger partial charge in [-0.3, -0.25) is 9.59 Å². The second-order valence-corrected chi connectivity index (χ2v) is 35.6. The Morgan fingerprint density at radius 3 is 2.03 bits per heavy atom. The van der Waals surface area contributed by atoms with Crippen LogP contribution in [0.25, 0.3) is 0 Å². The molecule has 0 aromatic heterocycles. The van der Waals surface area contributed by atoms with E-state index in [1.165, 1.54) is 21.1 Å². The van der Waals surface area contributed by atoms with Crippen LogP contribution >= 0.6 is 0 Å². The molecule has 3 saturated carbocycles. The zero-order valence-electron chi connectivity index (χ0n) is 39.8. The van der Waals surface area contributed by atoms with Crippen LogP contribution in [-0.2, 0) is 75.1 Å². The van der Waals surface area contributed by atoms with E-state index in [0.717, 1.165) is 0 Å². The Kier molecular flexibility index (Phi) is 10.8. The third kappa shape index (κ3) is 6.18. The lowest BCUT2D eigenvalue weighted by molar-refractivity contribution is -0.309. The molecule has 0 amide bonds. The fraction of sp³-hybridized carbons (Fsp3) is 0.818. The summed E-state index contributed by atoms with van der Waals surface area (Å²) in [7, 11) is -5.25. The van der Waals surface area contributed by atoms with Crippen LogP contribution in [0, 0.1) is 34.0 Å². The SMILES string of the molecule is C/C=C(\C)C(=O)O[C@H]1C[C@@H](OC(C)=O)[C@@]2(C(=O)OC)CO[C@H]3[C@@H](O[Si](C)(C)C)[C@@](C)([C@]45O[C@@]4(C)[C@@H]4C[C@@H]5O[C@@H]5OC=C[C@@]54O[Si](C)(C)C)[C@@H]4[C@@](O[Si](C)(C)C)(C(=O)OC)OC[C@@]14[C@@H]32. The van der Waals surface area contributed by atoms with Gasteiger partial charge in [0, 0.05) is 47.5 Å². The first-order valence-electron chi connectivity index (χ1n) is 22.3. The zero-order valence-corrected chi connectivity index (χ0v) is 42.8. The highest BCUT2D eigenvalue weighted by Crippen LogP contribution is 2.84. The quantitative estimate of drug-likeness (QED) is 0.0800. The minimum absolute atomic E-state index is 0.161. The minimum atomic E-state index is -2.86. The Morgan fingerprint density at radius 2 is 1.46 bits per heavy atom. The summed E-state index contributed by atoms with van der Waals surface area (Å²) in [6.45, 7) is 26.7. The number of carbonyl (C=O) groups is 4. The molecule has 0 aromatic carbocycles. The van der Waals surface area contributed by atoms with E-state index in [2.05, 4.69) is 46.2 Å². The lowest BCUT2D eigenvalue weighted by Gasteiger charge is -2.67. The van der Waals surface area contributed by atoms with Crippen LogP contribution in [0.15, 0.2) is 24.0 Å². The number of fused-ring (bicyclic) bond motifs is 7. The second kappa shape index (κ2) is 14.5. The molecule has 16 atom stereocenters. The van der Waals surface area contributed by atoms with Gasteiger partial charge < -0.3 is 55.9 Å². The van der Waals surface area contributed by atoms with Crippen LogP contribution in [0.4, 0.5) is 0 Å². The van der Waals surface area contributed by atoms with E-state index in [-0.39, 0.29) is 25.6 Å². The number of ether oxygens (including phenoxy) is 9. The molecule has 5 aliphatic heterocycles. The van der Waals surface area contributed by atoms with Crippen molar-refractivity contribution in [2.24, 2.45) is 34.0 Å². The molecular formula is C44H68O16Si3. The second-order valence-electron chi connectivity index (χ2n) is 22.3. The summed E-state index contributed by atoms with van der Waals surface area (Å²) in [4.78, 5) is 57.6. The molecule has 2 bridgehead atoms. The molecule has 8 rings (SSSR count). The normalized spacial score (nSPS) is 46.8. The fourth-order valence-corrected chi connectivity index (χ4v) is 17.6. The van der Waals surface area contributed by atoms with E-state index in [9.17, 15) is 14.4 Å². The van der Waals surface area contributed by atoms with Crippen LogP contribution in [0.3, 0.4) is 0 Å². The molecule has 0 unspecified atom stereocenters. The molecule has 16 nitrogen and oxygen atoms in total. The monoisotopic (exact) mass is 936 g/mol. The van der Waals surface area contributed by atoms with Crippen LogP contribution in [0.1, 0.15) is 47.5 Å². The van der Waals surface area contributed by atoms with Gasteiger partial charge in [-0.15, -0.1) is 0 Å². The topological polar surface area (TPSA) is 182 Å². The van der Waals surface area contributed by atoms with Crippen molar-refractivity contribution in [2.75, 3.05) is 27.4 Å². The van der Waals surface area contributed by atoms with Crippen molar-refractivity contribution in [3.63, 3.8) is 0 Å². The Labute approximate surface area is 374 Å².